The van der Waals surface area contributed by atoms with E-state index < -0.39 is 12.0 Å². The van der Waals surface area contributed by atoms with Crippen molar-refractivity contribution in [3.05, 3.63) is 16.1 Å². The van der Waals surface area contributed by atoms with Gasteiger partial charge in [-0.05, 0) is 12.3 Å². The van der Waals surface area contributed by atoms with Gasteiger partial charge in [-0.15, -0.1) is 11.3 Å². The molecule has 2 atom stereocenters. The van der Waals surface area contributed by atoms with Gasteiger partial charge in [0.2, 0.25) is 0 Å². The number of carboxylic acid groups (broad SMARTS) is 1. The van der Waals surface area contributed by atoms with Crippen molar-refractivity contribution >= 4 is 23.2 Å². The molecule has 1 aromatic heterocycles. The molecule has 0 aliphatic rings. The molecule has 6 heteroatoms. The third-order valence-corrected chi connectivity index (χ3v) is 3.82. The van der Waals surface area contributed by atoms with E-state index in [1.807, 2.05) is 20.8 Å². The molecular formula is C12H18N2O3S. The van der Waals surface area contributed by atoms with Crippen molar-refractivity contribution in [1.82, 2.24) is 10.3 Å². The van der Waals surface area contributed by atoms with E-state index in [4.69, 9.17) is 5.11 Å². The Kier molecular flexibility index (Phi) is 5.27. The summed E-state index contributed by atoms with van der Waals surface area (Å²) in [4.78, 5) is 27.7. The van der Waals surface area contributed by atoms with Crippen molar-refractivity contribution in [1.29, 1.82) is 0 Å². The number of hydrogen-bond donors (Lipinski definition) is 2. The second-order valence-electron chi connectivity index (χ2n) is 4.16. The number of aliphatic carboxylic acids is 1. The number of nitrogens with zero attached hydrogens (tertiary/aromatic N) is 1. The summed E-state index contributed by atoms with van der Waals surface area (Å²) in [7, 11) is 0. The number of carbonyl (C=O) groups is 2. The molecule has 5 nitrogen and oxygen atoms in total. The lowest BCUT2D eigenvalue weighted by Crippen LogP contribution is -2.45. The average molecular weight is 270 g/mol. The first-order valence-corrected chi connectivity index (χ1v) is 6.85. The molecule has 1 heterocycles. The fraction of sp³-hybridized carbons (Fsp3) is 0.583. The molecule has 1 aromatic rings. The molecule has 0 fully saturated rings. The van der Waals surface area contributed by atoms with Crippen LogP contribution in [0.1, 0.15) is 42.6 Å². The predicted octanol–water partition coefficient (Wildman–Crippen LogP) is 1.93. The Labute approximate surface area is 110 Å². The maximum absolute atomic E-state index is 12.0. The van der Waals surface area contributed by atoms with E-state index in [2.05, 4.69) is 10.3 Å². The predicted molar refractivity (Wildman–Crippen MR) is 69.8 cm³/mol. The number of amides is 1. The molecule has 100 valence electrons. The Morgan fingerprint density at radius 3 is 2.67 bits per heavy atom. The number of rotatable bonds is 6. The minimum atomic E-state index is -1.000. The summed E-state index contributed by atoms with van der Waals surface area (Å²) in [5, 5.41) is 11.7. The van der Waals surface area contributed by atoms with Crippen molar-refractivity contribution in [3.8, 4) is 0 Å². The second-order valence-corrected chi connectivity index (χ2v) is 5.01. The van der Waals surface area contributed by atoms with Crippen LogP contribution >= 0.6 is 11.3 Å². The first-order valence-electron chi connectivity index (χ1n) is 5.97. The third-order valence-electron chi connectivity index (χ3n) is 2.95. The van der Waals surface area contributed by atoms with Gasteiger partial charge in [-0.1, -0.05) is 27.2 Å². The zero-order valence-corrected chi connectivity index (χ0v) is 11.6. The van der Waals surface area contributed by atoms with Crippen molar-refractivity contribution in [2.75, 3.05) is 0 Å². The molecule has 0 aromatic carbocycles. The van der Waals surface area contributed by atoms with Crippen molar-refractivity contribution in [2.24, 2.45) is 5.92 Å². The van der Waals surface area contributed by atoms with Gasteiger partial charge in [-0.2, -0.15) is 0 Å². The van der Waals surface area contributed by atoms with Crippen LogP contribution in [0.25, 0.3) is 0 Å². The number of nitrogens with one attached hydrogen (secondary N) is 1. The highest BCUT2D eigenvalue weighted by atomic mass is 32.1. The van der Waals surface area contributed by atoms with Crippen molar-refractivity contribution in [3.63, 3.8) is 0 Å². The van der Waals surface area contributed by atoms with Gasteiger partial charge in [0.1, 0.15) is 10.9 Å². The molecule has 0 saturated heterocycles. The highest BCUT2D eigenvalue weighted by molar-refractivity contribution is 7.11. The normalized spacial score (nSPS) is 13.9. The van der Waals surface area contributed by atoms with Crippen LogP contribution in [0.15, 0.2) is 5.51 Å². The van der Waals surface area contributed by atoms with Gasteiger partial charge < -0.3 is 10.4 Å². The van der Waals surface area contributed by atoms with Crippen LogP contribution in [0.4, 0.5) is 0 Å². The minimum Gasteiger partial charge on any atom is -0.480 e. The van der Waals surface area contributed by atoms with E-state index in [0.29, 0.717) is 23.4 Å². The van der Waals surface area contributed by atoms with Gasteiger partial charge in [0.25, 0.3) is 5.91 Å². The number of aryl methyl sites for hydroxylation is 1. The van der Waals surface area contributed by atoms with E-state index >= 15 is 0 Å². The lowest BCUT2D eigenvalue weighted by Gasteiger charge is -2.19. The van der Waals surface area contributed by atoms with E-state index in [1.165, 1.54) is 11.3 Å². The molecular weight excluding hydrogens is 252 g/mol. The van der Waals surface area contributed by atoms with Gasteiger partial charge in [0.05, 0.1) is 11.2 Å². The summed E-state index contributed by atoms with van der Waals surface area (Å²) < 4.78 is 0. The van der Waals surface area contributed by atoms with Gasteiger partial charge >= 0.3 is 5.97 Å². The Hall–Kier alpha value is -1.43. The van der Waals surface area contributed by atoms with E-state index in [0.717, 1.165) is 0 Å². The zero-order valence-electron chi connectivity index (χ0n) is 10.8. The standard InChI is InChI=1S/C12H18N2O3S/c1-4-7(3)9(12(16)17)14-11(15)10-8(5-2)13-6-18-10/h6-7,9H,4-5H2,1-3H3,(H,14,15)(H,16,17)/t7-,9-/m0/s1. The van der Waals surface area contributed by atoms with Crippen LogP contribution in [-0.2, 0) is 11.2 Å². The van der Waals surface area contributed by atoms with Gasteiger partial charge in [-0.3, -0.25) is 4.79 Å². The van der Waals surface area contributed by atoms with Gasteiger partial charge in [0, 0.05) is 0 Å². The topological polar surface area (TPSA) is 79.3 Å². The second kappa shape index (κ2) is 6.49. The first kappa shape index (κ1) is 14.6. The minimum absolute atomic E-state index is 0.107. The fourth-order valence-electron chi connectivity index (χ4n) is 1.60. The molecule has 18 heavy (non-hydrogen) atoms. The summed E-state index contributed by atoms with van der Waals surface area (Å²) in [6, 6.07) is -0.852. The number of thiazole rings is 1. The number of aromatic nitrogens is 1. The Balaban J connectivity index is 2.82. The molecule has 1 amide bonds. The fourth-order valence-corrected chi connectivity index (χ4v) is 2.38. The highest BCUT2D eigenvalue weighted by Gasteiger charge is 2.27. The average Bonchev–Trinajstić information content (AvgIpc) is 2.82. The smallest absolute Gasteiger partial charge is 0.326 e. The summed E-state index contributed by atoms with van der Waals surface area (Å²) in [6.07, 6.45) is 1.36. The van der Waals surface area contributed by atoms with Gasteiger partial charge in [0.15, 0.2) is 0 Å². The highest BCUT2D eigenvalue weighted by Crippen LogP contribution is 2.15. The molecule has 0 radical (unpaired) electrons. The van der Waals surface area contributed by atoms with Crippen molar-refractivity contribution in [2.45, 2.75) is 39.7 Å². The van der Waals surface area contributed by atoms with E-state index in [1.54, 1.807) is 5.51 Å². The summed E-state index contributed by atoms with van der Waals surface area (Å²) in [5.41, 5.74) is 2.32. The molecule has 0 bridgehead atoms. The lowest BCUT2D eigenvalue weighted by atomic mass is 9.99. The number of carbonyl (C=O) groups excluding carboxylic acids is 1. The van der Waals surface area contributed by atoms with Crippen LogP contribution in [0.5, 0.6) is 0 Å². The summed E-state index contributed by atoms with van der Waals surface area (Å²) in [5.74, 6) is -1.45. The Morgan fingerprint density at radius 1 is 1.50 bits per heavy atom. The van der Waals surface area contributed by atoms with Crippen LogP contribution in [0.3, 0.4) is 0 Å². The Morgan fingerprint density at radius 2 is 2.17 bits per heavy atom. The maximum atomic E-state index is 12.0. The summed E-state index contributed by atoms with van der Waals surface area (Å²) >= 11 is 1.24. The molecule has 0 aliphatic heterocycles. The third kappa shape index (κ3) is 3.29. The van der Waals surface area contributed by atoms with Crippen LogP contribution in [0, 0.1) is 5.92 Å². The van der Waals surface area contributed by atoms with E-state index in [-0.39, 0.29) is 11.8 Å². The lowest BCUT2D eigenvalue weighted by molar-refractivity contribution is -0.140. The monoisotopic (exact) mass is 270 g/mol. The van der Waals surface area contributed by atoms with E-state index in [9.17, 15) is 9.59 Å². The molecule has 0 unspecified atom stereocenters. The molecule has 0 saturated carbocycles. The van der Waals surface area contributed by atoms with Gasteiger partial charge in [-0.25, -0.2) is 9.78 Å². The summed E-state index contributed by atoms with van der Waals surface area (Å²) in [6.45, 7) is 5.62. The van der Waals surface area contributed by atoms with Crippen LogP contribution in [-0.4, -0.2) is 28.0 Å². The van der Waals surface area contributed by atoms with Crippen LogP contribution in [0.2, 0.25) is 0 Å². The van der Waals surface area contributed by atoms with Crippen LogP contribution < -0.4 is 5.32 Å². The zero-order chi connectivity index (χ0) is 13.7. The number of carboxylic acids is 1. The quantitative estimate of drug-likeness (QED) is 0.828. The molecule has 0 spiro atoms. The first-order chi connectivity index (χ1) is 8.51. The van der Waals surface area contributed by atoms with Crippen molar-refractivity contribution < 1.29 is 14.7 Å². The largest absolute Gasteiger partial charge is 0.480 e. The molecule has 2 N–H and O–H groups in total. The maximum Gasteiger partial charge on any atom is 0.326 e. The molecule has 0 aliphatic carbocycles. The number of hydrogen-bond acceptors (Lipinski definition) is 4. The molecule has 1 rings (SSSR count). The SMILES string of the molecule is CCc1ncsc1C(=O)N[C@H](C(=O)O)[C@@H](C)CC. The Bertz CT molecular complexity index is 431.